The average Bonchev–Trinajstić information content (AvgIpc) is 3.50. The molecule has 0 unspecified atom stereocenters. The molecule has 228 valence electrons. The fourth-order valence-corrected chi connectivity index (χ4v) is 5.04. The van der Waals surface area contributed by atoms with Gasteiger partial charge in [-0.2, -0.15) is 5.10 Å². The van der Waals surface area contributed by atoms with E-state index in [1.807, 2.05) is 79.9 Å². The number of nitrogens with zero attached hydrogens (tertiary/aromatic N) is 2. The third-order valence-corrected chi connectivity index (χ3v) is 7.32. The maximum absolute atomic E-state index is 12.7. The highest BCUT2D eigenvalue weighted by Gasteiger charge is 2.11. The summed E-state index contributed by atoms with van der Waals surface area (Å²) >= 11 is 1.52. The smallest absolute Gasteiger partial charge is 0.271 e. The number of hydrogen-bond donors (Lipinski definition) is 3. The number of amides is 2. The summed E-state index contributed by atoms with van der Waals surface area (Å²) < 4.78 is 11.4. The predicted molar refractivity (Wildman–Crippen MR) is 180 cm³/mol. The van der Waals surface area contributed by atoms with E-state index in [9.17, 15) is 9.59 Å². The van der Waals surface area contributed by atoms with E-state index >= 15 is 0 Å². The fraction of sp³-hybridized carbons (Fsp3) is 0.143. The zero-order valence-corrected chi connectivity index (χ0v) is 26.0. The molecule has 2 amide bonds. The molecule has 0 fully saturated rings. The summed E-state index contributed by atoms with van der Waals surface area (Å²) in [6, 6.07) is 28.1. The van der Waals surface area contributed by atoms with Crippen LogP contribution in [0.15, 0.2) is 101 Å². The summed E-state index contributed by atoms with van der Waals surface area (Å²) in [6.45, 7) is 6.10. The molecule has 1 aromatic heterocycles. The van der Waals surface area contributed by atoms with E-state index in [4.69, 9.17) is 9.47 Å². The van der Waals surface area contributed by atoms with Crippen molar-refractivity contribution in [2.45, 2.75) is 20.8 Å². The summed E-state index contributed by atoms with van der Waals surface area (Å²) in [4.78, 5) is 29.7. The molecule has 0 radical (unpaired) electrons. The molecule has 10 heteroatoms. The third kappa shape index (κ3) is 8.77. The van der Waals surface area contributed by atoms with Gasteiger partial charge < -0.3 is 20.1 Å². The molecule has 0 saturated heterocycles. The number of carbonyl (C=O) groups excluding carboxylic acids is 2. The monoisotopic (exact) mass is 619 g/mol. The van der Waals surface area contributed by atoms with Gasteiger partial charge in [-0.25, -0.2) is 10.4 Å². The molecular formula is C35H33N5O4S. The Morgan fingerprint density at radius 3 is 2.42 bits per heavy atom. The molecule has 5 rings (SSSR count). The predicted octanol–water partition coefficient (Wildman–Crippen LogP) is 7.35. The molecule has 0 aliphatic rings. The van der Waals surface area contributed by atoms with Crippen LogP contribution in [0.25, 0.3) is 11.3 Å². The lowest BCUT2D eigenvalue weighted by Crippen LogP contribution is -2.20. The highest BCUT2D eigenvalue weighted by atomic mass is 32.1. The second-order valence-electron chi connectivity index (χ2n) is 10.2. The van der Waals surface area contributed by atoms with Crippen LogP contribution in [0, 0.1) is 13.8 Å². The average molecular weight is 620 g/mol. The van der Waals surface area contributed by atoms with Crippen molar-refractivity contribution in [3.05, 3.63) is 119 Å². The van der Waals surface area contributed by atoms with Crippen LogP contribution in [0.1, 0.15) is 34.0 Å². The molecule has 0 aliphatic carbocycles. The van der Waals surface area contributed by atoms with Gasteiger partial charge in [-0.05, 0) is 86.5 Å². The van der Waals surface area contributed by atoms with E-state index in [1.165, 1.54) is 23.1 Å². The van der Waals surface area contributed by atoms with Crippen LogP contribution in [0.4, 0.5) is 16.5 Å². The first-order valence-corrected chi connectivity index (χ1v) is 15.2. The number of carbonyl (C=O) groups is 2. The van der Waals surface area contributed by atoms with Crippen LogP contribution in [0.5, 0.6) is 11.5 Å². The maximum atomic E-state index is 12.7. The van der Waals surface area contributed by atoms with Crippen molar-refractivity contribution >= 4 is 45.9 Å². The molecule has 0 aliphatic heterocycles. The molecule has 9 nitrogen and oxygen atoms in total. The first kappa shape index (κ1) is 31.0. The quantitative estimate of drug-likeness (QED) is 0.0994. The van der Waals surface area contributed by atoms with Gasteiger partial charge in [0.05, 0.1) is 18.5 Å². The number of anilines is 3. The lowest BCUT2D eigenvalue weighted by molar-refractivity contribution is -0.118. The minimum absolute atomic E-state index is 0.176. The zero-order chi connectivity index (χ0) is 31.6. The van der Waals surface area contributed by atoms with Crippen LogP contribution in [0.2, 0.25) is 0 Å². The van der Waals surface area contributed by atoms with Crippen LogP contribution in [0.3, 0.4) is 0 Å². The van der Waals surface area contributed by atoms with E-state index in [-0.39, 0.29) is 18.4 Å². The van der Waals surface area contributed by atoms with E-state index in [0.29, 0.717) is 34.9 Å². The number of thiazole rings is 1. The second-order valence-corrected chi connectivity index (χ2v) is 11.0. The standard InChI is InChI=1S/C35H33N5O4S/c1-4-43-32-19-25(10-17-31(32)44-21-33(41)37-29-7-5-6-24(3)18-29)20-36-40-34(42)27-13-11-26(12-14-27)30-22-45-35(39-30)38-28-15-8-23(2)9-16-28/h5-20,22H,4,21H2,1-3H3,(H,37,41)(H,38,39)(H,40,42)/b36-20+. The molecule has 45 heavy (non-hydrogen) atoms. The number of ether oxygens (including phenoxy) is 2. The minimum atomic E-state index is -0.345. The molecular weight excluding hydrogens is 586 g/mol. The summed E-state index contributed by atoms with van der Waals surface area (Å²) in [5, 5.41) is 13.0. The number of nitrogens with one attached hydrogen (secondary N) is 3. The summed E-state index contributed by atoms with van der Waals surface area (Å²) in [5.41, 5.74) is 9.36. The van der Waals surface area contributed by atoms with Gasteiger partial charge in [-0.1, -0.05) is 42.0 Å². The molecule has 5 aromatic rings. The van der Waals surface area contributed by atoms with Gasteiger partial charge in [0.1, 0.15) is 0 Å². The summed E-state index contributed by atoms with van der Waals surface area (Å²) in [6.07, 6.45) is 1.51. The summed E-state index contributed by atoms with van der Waals surface area (Å²) in [5.74, 6) is 0.264. The Bertz CT molecular complexity index is 1800. The van der Waals surface area contributed by atoms with Gasteiger partial charge in [-0.15, -0.1) is 11.3 Å². The SMILES string of the molecule is CCOc1cc(/C=N/NC(=O)c2ccc(-c3csc(Nc4ccc(C)cc4)n3)cc2)ccc1OCC(=O)Nc1cccc(C)c1. The van der Waals surface area contributed by atoms with Crippen LogP contribution in [-0.4, -0.2) is 36.2 Å². The van der Waals surface area contributed by atoms with E-state index in [0.717, 1.165) is 27.6 Å². The Balaban J connectivity index is 1.14. The maximum Gasteiger partial charge on any atom is 0.271 e. The number of rotatable bonds is 12. The highest BCUT2D eigenvalue weighted by molar-refractivity contribution is 7.14. The number of aryl methyl sites for hydroxylation is 2. The molecule has 0 atom stereocenters. The van der Waals surface area contributed by atoms with Crippen LogP contribution >= 0.6 is 11.3 Å². The zero-order valence-electron chi connectivity index (χ0n) is 25.2. The van der Waals surface area contributed by atoms with E-state index in [2.05, 4.69) is 33.1 Å². The third-order valence-electron chi connectivity index (χ3n) is 6.56. The number of aromatic nitrogens is 1. The van der Waals surface area contributed by atoms with Gasteiger partial charge in [0.15, 0.2) is 23.2 Å². The second kappa shape index (κ2) is 14.8. The largest absolute Gasteiger partial charge is 0.490 e. The van der Waals surface area contributed by atoms with Crippen LogP contribution in [-0.2, 0) is 4.79 Å². The van der Waals surface area contributed by atoms with Crippen molar-refractivity contribution < 1.29 is 19.1 Å². The Hall–Kier alpha value is -5.48. The Morgan fingerprint density at radius 2 is 1.67 bits per heavy atom. The normalized spacial score (nSPS) is 10.8. The Morgan fingerprint density at radius 1 is 0.867 bits per heavy atom. The topological polar surface area (TPSA) is 114 Å². The van der Waals surface area contributed by atoms with Crippen molar-refractivity contribution in [2.24, 2.45) is 5.10 Å². The van der Waals surface area contributed by atoms with Crippen molar-refractivity contribution in [2.75, 3.05) is 23.8 Å². The molecule has 3 N–H and O–H groups in total. The first-order valence-electron chi connectivity index (χ1n) is 14.4. The fourth-order valence-electron chi connectivity index (χ4n) is 4.30. The lowest BCUT2D eigenvalue weighted by Gasteiger charge is -2.13. The van der Waals surface area contributed by atoms with Gasteiger partial charge in [-0.3, -0.25) is 9.59 Å². The van der Waals surface area contributed by atoms with E-state index in [1.54, 1.807) is 30.3 Å². The van der Waals surface area contributed by atoms with E-state index < -0.39 is 0 Å². The van der Waals surface area contributed by atoms with Crippen molar-refractivity contribution in [1.82, 2.24) is 10.4 Å². The van der Waals surface area contributed by atoms with Gasteiger partial charge in [0, 0.05) is 27.9 Å². The number of hydrazone groups is 1. The lowest BCUT2D eigenvalue weighted by atomic mass is 10.1. The van der Waals surface area contributed by atoms with Gasteiger partial charge in [0.2, 0.25) is 0 Å². The Kier molecular flexibility index (Phi) is 10.2. The molecule has 0 bridgehead atoms. The van der Waals surface area contributed by atoms with Gasteiger partial charge >= 0.3 is 0 Å². The molecule has 1 heterocycles. The molecule has 0 spiro atoms. The van der Waals surface area contributed by atoms with Crippen LogP contribution < -0.4 is 25.5 Å². The van der Waals surface area contributed by atoms with Crippen molar-refractivity contribution in [1.29, 1.82) is 0 Å². The highest BCUT2D eigenvalue weighted by Crippen LogP contribution is 2.29. The first-order chi connectivity index (χ1) is 21.9. The minimum Gasteiger partial charge on any atom is -0.490 e. The van der Waals surface area contributed by atoms with Crippen molar-refractivity contribution in [3.63, 3.8) is 0 Å². The molecule has 0 saturated carbocycles. The summed E-state index contributed by atoms with van der Waals surface area (Å²) in [7, 11) is 0. The molecule has 4 aromatic carbocycles. The number of benzene rings is 4. The Labute approximate surface area is 266 Å². The van der Waals surface area contributed by atoms with Crippen molar-refractivity contribution in [3.8, 4) is 22.8 Å². The number of hydrogen-bond acceptors (Lipinski definition) is 8. The van der Waals surface area contributed by atoms with Gasteiger partial charge in [0.25, 0.3) is 11.8 Å².